The Morgan fingerprint density at radius 1 is 1.41 bits per heavy atom. The first-order chi connectivity index (χ1) is 8.09. The molecular formula is C10H6Cl2IN3O. The van der Waals surface area contributed by atoms with E-state index < -0.39 is 0 Å². The molecule has 0 fully saturated rings. The summed E-state index contributed by atoms with van der Waals surface area (Å²) in [6.45, 7) is 0.348. The Morgan fingerprint density at radius 3 is 2.88 bits per heavy atom. The van der Waals surface area contributed by atoms with E-state index in [4.69, 9.17) is 23.2 Å². The van der Waals surface area contributed by atoms with Crippen LogP contribution >= 0.6 is 45.8 Å². The molecule has 0 spiro atoms. The van der Waals surface area contributed by atoms with Crippen molar-refractivity contribution >= 4 is 45.8 Å². The maximum atomic E-state index is 11.9. The van der Waals surface area contributed by atoms with Gasteiger partial charge in [0.15, 0.2) is 0 Å². The Morgan fingerprint density at radius 2 is 2.18 bits per heavy atom. The Balaban J connectivity index is 2.41. The van der Waals surface area contributed by atoms with Crippen molar-refractivity contribution in [1.82, 2.24) is 14.5 Å². The second-order valence-corrected chi connectivity index (χ2v) is 5.09. The molecule has 4 nitrogen and oxygen atoms in total. The zero-order valence-corrected chi connectivity index (χ0v) is 12.1. The van der Waals surface area contributed by atoms with Crippen molar-refractivity contribution in [2.24, 2.45) is 0 Å². The molecule has 0 saturated heterocycles. The van der Waals surface area contributed by atoms with Crippen LogP contribution in [0.2, 0.25) is 10.2 Å². The molecule has 0 aromatic carbocycles. The van der Waals surface area contributed by atoms with Crippen molar-refractivity contribution in [2.75, 3.05) is 0 Å². The molecule has 0 aliphatic rings. The molecule has 0 aliphatic carbocycles. The first-order valence-electron chi connectivity index (χ1n) is 4.58. The summed E-state index contributed by atoms with van der Waals surface area (Å²) in [5.41, 5.74) is 0.627. The van der Waals surface area contributed by atoms with Gasteiger partial charge in [0.05, 0.1) is 17.9 Å². The predicted octanol–water partition coefficient (Wildman–Crippen LogP) is 2.60. The highest BCUT2D eigenvalue weighted by molar-refractivity contribution is 14.1. The topological polar surface area (TPSA) is 47.8 Å². The number of hydrogen-bond acceptors (Lipinski definition) is 3. The normalized spacial score (nSPS) is 10.5. The van der Waals surface area contributed by atoms with Crippen molar-refractivity contribution in [1.29, 1.82) is 0 Å². The van der Waals surface area contributed by atoms with Gasteiger partial charge in [-0.15, -0.1) is 0 Å². The molecule has 0 saturated carbocycles. The summed E-state index contributed by atoms with van der Waals surface area (Å²) in [7, 11) is 0. The van der Waals surface area contributed by atoms with E-state index in [1.165, 1.54) is 17.1 Å². The Bertz CT molecular complexity index is 615. The molecule has 0 atom stereocenters. The molecule has 0 unspecified atom stereocenters. The second-order valence-electron chi connectivity index (χ2n) is 3.25. The van der Waals surface area contributed by atoms with Crippen LogP contribution in [0.3, 0.4) is 0 Å². The van der Waals surface area contributed by atoms with E-state index in [0.29, 0.717) is 15.1 Å². The number of halogens is 3. The summed E-state index contributed by atoms with van der Waals surface area (Å²) >= 11 is 13.6. The third kappa shape index (κ3) is 2.78. The molecule has 2 aromatic rings. The average Bonchev–Trinajstić information content (AvgIpc) is 2.32. The minimum absolute atomic E-state index is 0.182. The first-order valence-corrected chi connectivity index (χ1v) is 6.42. The fraction of sp³-hybridized carbons (Fsp3) is 0.100. The van der Waals surface area contributed by atoms with E-state index in [1.807, 2.05) is 22.6 Å². The maximum Gasteiger partial charge on any atom is 0.268 e. The fourth-order valence-electron chi connectivity index (χ4n) is 1.27. The van der Waals surface area contributed by atoms with Gasteiger partial charge in [-0.25, -0.2) is 4.98 Å². The van der Waals surface area contributed by atoms with Crippen LogP contribution < -0.4 is 5.56 Å². The molecule has 0 aliphatic heterocycles. The van der Waals surface area contributed by atoms with E-state index in [9.17, 15) is 4.79 Å². The molecule has 0 amide bonds. The van der Waals surface area contributed by atoms with Gasteiger partial charge in [0.1, 0.15) is 8.72 Å². The lowest BCUT2D eigenvalue weighted by Gasteiger charge is -2.07. The highest BCUT2D eigenvalue weighted by Gasteiger charge is 2.08. The predicted molar refractivity (Wildman–Crippen MR) is 74.6 cm³/mol. The van der Waals surface area contributed by atoms with Crippen LogP contribution in [0.15, 0.2) is 29.6 Å². The van der Waals surface area contributed by atoms with Crippen molar-refractivity contribution < 1.29 is 0 Å². The lowest BCUT2D eigenvalue weighted by atomic mass is 10.2. The fourth-order valence-corrected chi connectivity index (χ4v) is 2.02. The van der Waals surface area contributed by atoms with Gasteiger partial charge in [-0.1, -0.05) is 23.2 Å². The average molecular weight is 382 g/mol. The highest BCUT2D eigenvalue weighted by atomic mass is 127. The lowest BCUT2D eigenvalue weighted by molar-refractivity contribution is 0.729. The van der Waals surface area contributed by atoms with Gasteiger partial charge in [0, 0.05) is 12.4 Å². The number of rotatable bonds is 2. The van der Waals surface area contributed by atoms with E-state index in [2.05, 4.69) is 9.97 Å². The van der Waals surface area contributed by atoms with Crippen LogP contribution in [0.5, 0.6) is 0 Å². The molecule has 0 N–H and O–H groups in total. The molecule has 88 valence electrons. The molecule has 2 rings (SSSR count). The minimum Gasteiger partial charge on any atom is -0.294 e. The number of pyridine rings is 1. The summed E-state index contributed by atoms with van der Waals surface area (Å²) < 4.78 is 1.85. The standard InChI is InChI=1S/C10H6Cl2IN3O/c11-7-3-14-2-1-6(7)4-16-5-15-9(12)8(13)10(16)17/h1-3,5H,4H2. The second kappa shape index (κ2) is 5.32. The monoisotopic (exact) mass is 381 g/mol. The zero-order chi connectivity index (χ0) is 12.4. The van der Waals surface area contributed by atoms with Crippen LogP contribution in [-0.4, -0.2) is 14.5 Å². The smallest absolute Gasteiger partial charge is 0.268 e. The van der Waals surface area contributed by atoms with Gasteiger partial charge in [0.2, 0.25) is 0 Å². The Kier molecular flexibility index (Phi) is 4.01. The SMILES string of the molecule is O=c1c(I)c(Cl)ncn1Cc1ccncc1Cl. The molecule has 2 aromatic heterocycles. The van der Waals surface area contributed by atoms with Crippen LogP contribution in [0, 0.1) is 3.57 Å². The van der Waals surface area contributed by atoms with Gasteiger partial charge in [-0.3, -0.25) is 14.3 Å². The molecule has 7 heteroatoms. The number of nitrogens with zero attached hydrogens (tertiary/aromatic N) is 3. The third-order valence-corrected chi connectivity index (χ3v) is 4.06. The van der Waals surface area contributed by atoms with Crippen molar-refractivity contribution in [2.45, 2.75) is 6.54 Å². The van der Waals surface area contributed by atoms with Crippen molar-refractivity contribution in [3.63, 3.8) is 0 Å². The highest BCUT2D eigenvalue weighted by Crippen LogP contribution is 2.15. The van der Waals surface area contributed by atoms with Crippen molar-refractivity contribution in [3.8, 4) is 0 Å². The molecule has 2 heterocycles. The summed E-state index contributed by atoms with van der Waals surface area (Å²) in [5.74, 6) is 0. The summed E-state index contributed by atoms with van der Waals surface area (Å²) in [5, 5.41) is 0.733. The van der Waals surface area contributed by atoms with Crippen LogP contribution in [0.4, 0.5) is 0 Å². The Hall–Kier alpha value is -0.660. The molecule has 0 bridgehead atoms. The van der Waals surface area contributed by atoms with Crippen LogP contribution in [-0.2, 0) is 6.54 Å². The quantitative estimate of drug-likeness (QED) is 0.593. The minimum atomic E-state index is -0.182. The molecule has 0 radical (unpaired) electrons. The van der Waals surface area contributed by atoms with Crippen LogP contribution in [0.25, 0.3) is 0 Å². The third-order valence-electron chi connectivity index (χ3n) is 2.14. The van der Waals surface area contributed by atoms with Gasteiger partial charge in [-0.05, 0) is 34.2 Å². The van der Waals surface area contributed by atoms with E-state index in [-0.39, 0.29) is 10.7 Å². The van der Waals surface area contributed by atoms with Gasteiger partial charge in [-0.2, -0.15) is 0 Å². The lowest BCUT2D eigenvalue weighted by Crippen LogP contribution is -2.23. The summed E-state index contributed by atoms with van der Waals surface area (Å²) in [4.78, 5) is 19.7. The Labute approximate surface area is 121 Å². The molecular weight excluding hydrogens is 376 g/mol. The van der Waals surface area contributed by atoms with Gasteiger partial charge >= 0.3 is 0 Å². The van der Waals surface area contributed by atoms with Gasteiger partial charge < -0.3 is 0 Å². The number of hydrogen-bond donors (Lipinski definition) is 0. The van der Waals surface area contributed by atoms with E-state index in [0.717, 1.165) is 5.56 Å². The maximum absolute atomic E-state index is 11.9. The summed E-state index contributed by atoms with van der Waals surface area (Å²) in [6.07, 6.45) is 4.57. The van der Waals surface area contributed by atoms with Crippen molar-refractivity contribution in [3.05, 3.63) is 54.5 Å². The van der Waals surface area contributed by atoms with E-state index >= 15 is 0 Å². The molecule has 17 heavy (non-hydrogen) atoms. The first kappa shape index (κ1) is 12.8. The van der Waals surface area contributed by atoms with Crippen LogP contribution in [0.1, 0.15) is 5.56 Å². The number of aromatic nitrogens is 3. The largest absolute Gasteiger partial charge is 0.294 e. The van der Waals surface area contributed by atoms with E-state index in [1.54, 1.807) is 12.3 Å². The van der Waals surface area contributed by atoms with Gasteiger partial charge in [0.25, 0.3) is 5.56 Å². The summed E-state index contributed by atoms with van der Waals surface area (Å²) in [6, 6.07) is 1.76. The zero-order valence-electron chi connectivity index (χ0n) is 8.40.